The lowest BCUT2D eigenvalue weighted by molar-refractivity contribution is 0.287. The van der Waals surface area contributed by atoms with Gasteiger partial charge in [0, 0.05) is 5.70 Å². The van der Waals surface area contributed by atoms with Gasteiger partial charge in [-0.1, -0.05) is 6.58 Å². The third-order valence-electron chi connectivity index (χ3n) is 0.835. The predicted molar refractivity (Wildman–Crippen MR) is 40.7 cm³/mol. The monoisotopic (exact) mass is 217 g/mol. The van der Waals surface area contributed by atoms with Crippen LogP contribution in [0, 0.1) is 0 Å². The first-order valence-electron chi connectivity index (χ1n) is 2.64. The molecule has 12 heavy (non-hydrogen) atoms. The van der Waals surface area contributed by atoms with Crippen molar-refractivity contribution in [3.05, 3.63) is 12.3 Å². The molecule has 0 aromatic rings. The lowest BCUT2D eigenvalue weighted by Gasteiger charge is -2.24. The van der Waals surface area contributed by atoms with Gasteiger partial charge in [-0.2, -0.15) is 4.44 Å². The normalized spacial score (nSPS) is 12.8. The summed E-state index contributed by atoms with van der Waals surface area (Å²) in [6.07, 6.45) is 0. The smallest absolute Gasteiger partial charge is 0.308 e. The van der Waals surface area contributed by atoms with Crippen molar-refractivity contribution in [3.63, 3.8) is 0 Å². The lowest BCUT2D eigenvalue weighted by Crippen LogP contribution is -2.13. The van der Waals surface area contributed by atoms with Crippen molar-refractivity contribution >= 4 is 15.5 Å². The number of rotatable bonds is 3. The van der Waals surface area contributed by atoms with E-state index in [-0.39, 0.29) is 4.44 Å². The van der Waals surface area contributed by atoms with Crippen molar-refractivity contribution in [2.24, 2.45) is 0 Å². The van der Waals surface area contributed by atoms with Crippen LogP contribution in [-0.4, -0.2) is 24.0 Å². The van der Waals surface area contributed by atoms with E-state index in [0.717, 1.165) is 6.92 Å². The largest absolute Gasteiger partial charge is 0.438 e. The van der Waals surface area contributed by atoms with Crippen LogP contribution in [-0.2, 0) is 9.13 Å². The van der Waals surface area contributed by atoms with E-state index < -0.39 is 21.2 Å². The van der Waals surface area contributed by atoms with E-state index in [1.807, 2.05) is 0 Å². The fraction of sp³-hybridized carbons (Fsp3) is 0.333. The second-order valence-corrected chi connectivity index (χ2v) is 5.22. The van der Waals surface area contributed by atoms with Gasteiger partial charge in [-0.15, -0.1) is 0 Å². The summed E-state index contributed by atoms with van der Waals surface area (Å²) >= 11 is 0. The van der Waals surface area contributed by atoms with Crippen LogP contribution in [0.4, 0.5) is 0 Å². The van der Waals surface area contributed by atoms with Crippen LogP contribution in [0.2, 0.25) is 0 Å². The fourth-order valence-electron chi connectivity index (χ4n) is 0.597. The Morgan fingerprint density at radius 2 is 1.42 bits per heavy atom. The Labute approximate surface area is 68.8 Å². The Hall–Kier alpha value is -0.160. The SMILES string of the molecule is C=C(C)N(P(=O)(O)O)P(=O)(O)O. The Balaban J connectivity index is 5.11. The molecule has 0 rings (SSSR count). The Kier molecular flexibility index (Phi) is 3.25. The molecular formula is C3H9NO6P2. The van der Waals surface area contributed by atoms with Gasteiger partial charge >= 0.3 is 15.5 Å². The van der Waals surface area contributed by atoms with Crippen molar-refractivity contribution < 1.29 is 28.7 Å². The molecule has 0 heterocycles. The minimum absolute atomic E-state index is 0.319. The summed E-state index contributed by atoms with van der Waals surface area (Å²) < 4.78 is 20.7. The third-order valence-corrected chi connectivity index (χ3v) is 3.90. The maximum atomic E-state index is 10.5. The van der Waals surface area contributed by atoms with Gasteiger partial charge in [0.1, 0.15) is 0 Å². The molecule has 0 spiro atoms. The molecule has 4 N–H and O–H groups in total. The molecule has 0 aromatic carbocycles. The van der Waals surface area contributed by atoms with Crippen molar-refractivity contribution in [2.75, 3.05) is 0 Å². The molecular weight excluding hydrogens is 208 g/mol. The molecule has 7 nitrogen and oxygen atoms in total. The minimum atomic E-state index is -4.98. The van der Waals surface area contributed by atoms with Crippen LogP contribution in [0.1, 0.15) is 6.92 Å². The average molecular weight is 217 g/mol. The number of hydrogen-bond acceptors (Lipinski definition) is 2. The van der Waals surface area contributed by atoms with Gasteiger partial charge in [-0.3, -0.25) is 0 Å². The summed E-state index contributed by atoms with van der Waals surface area (Å²) in [7, 11) is -9.97. The molecule has 0 saturated heterocycles. The molecule has 0 aliphatic heterocycles. The first-order valence-corrected chi connectivity index (χ1v) is 5.77. The third kappa shape index (κ3) is 3.06. The molecule has 0 aliphatic rings. The van der Waals surface area contributed by atoms with E-state index in [1.54, 1.807) is 0 Å². The molecule has 0 amide bonds. The first-order chi connectivity index (χ1) is 5.07. The van der Waals surface area contributed by atoms with Crippen LogP contribution in [0.25, 0.3) is 0 Å². The predicted octanol–water partition coefficient (Wildman–Crippen LogP) is 0.00740. The van der Waals surface area contributed by atoms with E-state index >= 15 is 0 Å². The zero-order chi connectivity index (χ0) is 10.2. The highest BCUT2D eigenvalue weighted by Crippen LogP contribution is 2.59. The Bertz CT molecular complexity index is 253. The summed E-state index contributed by atoms with van der Waals surface area (Å²) in [5, 5.41) is 0. The van der Waals surface area contributed by atoms with Crippen molar-refractivity contribution in [1.82, 2.24) is 4.44 Å². The van der Waals surface area contributed by atoms with E-state index in [9.17, 15) is 9.13 Å². The maximum Gasteiger partial charge on any atom is 0.438 e. The lowest BCUT2D eigenvalue weighted by atomic mass is 10.6. The first kappa shape index (κ1) is 11.8. The van der Waals surface area contributed by atoms with Crippen LogP contribution >= 0.6 is 15.5 Å². The molecule has 0 aliphatic carbocycles. The summed E-state index contributed by atoms with van der Waals surface area (Å²) in [6.45, 7) is 4.11. The van der Waals surface area contributed by atoms with E-state index in [4.69, 9.17) is 19.6 Å². The Morgan fingerprint density at radius 3 is 1.42 bits per heavy atom. The minimum Gasteiger partial charge on any atom is -0.308 e. The van der Waals surface area contributed by atoms with Gasteiger partial charge in [0.25, 0.3) is 0 Å². The van der Waals surface area contributed by atoms with Crippen LogP contribution in [0.15, 0.2) is 12.3 Å². The molecule has 0 bridgehead atoms. The summed E-state index contributed by atoms with van der Waals surface area (Å²) in [6, 6.07) is 0. The second-order valence-electron chi connectivity index (χ2n) is 2.05. The van der Waals surface area contributed by atoms with Gasteiger partial charge in [-0.25, -0.2) is 9.13 Å². The van der Waals surface area contributed by atoms with Gasteiger partial charge in [0.15, 0.2) is 0 Å². The second kappa shape index (κ2) is 3.30. The van der Waals surface area contributed by atoms with Gasteiger partial charge in [0.2, 0.25) is 0 Å². The summed E-state index contributed by atoms with van der Waals surface area (Å²) in [5.74, 6) is 0. The van der Waals surface area contributed by atoms with E-state index in [1.165, 1.54) is 0 Å². The zero-order valence-corrected chi connectivity index (χ0v) is 7.94. The quantitative estimate of drug-likeness (QED) is 0.491. The topological polar surface area (TPSA) is 118 Å². The standard InChI is InChI=1S/C3H9NO6P2/c1-3(2)4(11(5,6)7)12(8,9)10/h1H2,2H3,(H2,5,6,7)(H2,8,9,10). The van der Waals surface area contributed by atoms with Gasteiger partial charge in [0.05, 0.1) is 0 Å². The summed E-state index contributed by atoms with van der Waals surface area (Å²) in [4.78, 5) is 33.9. The highest BCUT2D eigenvalue weighted by atomic mass is 31.3. The van der Waals surface area contributed by atoms with Crippen LogP contribution in [0.5, 0.6) is 0 Å². The number of nitrogens with zero attached hydrogens (tertiary/aromatic N) is 1. The molecule has 0 aromatic heterocycles. The maximum absolute atomic E-state index is 10.5. The van der Waals surface area contributed by atoms with Crippen molar-refractivity contribution in [2.45, 2.75) is 6.92 Å². The zero-order valence-electron chi connectivity index (χ0n) is 6.15. The average Bonchev–Trinajstić information content (AvgIpc) is 1.49. The van der Waals surface area contributed by atoms with Gasteiger partial charge < -0.3 is 19.6 Å². The van der Waals surface area contributed by atoms with Crippen LogP contribution < -0.4 is 0 Å². The number of hydrogen-bond donors (Lipinski definition) is 4. The molecule has 0 radical (unpaired) electrons. The number of allylic oxidation sites excluding steroid dienone is 1. The fourth-order valence-corrected chi connectivity index (χ4v) is 2.70. The summed E-state index contributed by atoms with van der Waals surface area (Å²) in [5.41, 5.74) is -0.392. The molecule has 0 fully saturated rings. The van der Waals surface area contributed by atoms with E-state index in [2.05, 4.69) is 6.58 Å². The molecule has 9 heteroatoms. The Morgan fingerprint density at radius 1 is 1.17 bits per heavy atom. The highest BCUT2D eigenvalue weighted by molar-refractivity contribution is 7.65. The molecule has 0 atom stereocenters. The van der Waals surface area contributed by atoms with Gasteiger partial charge in [-0.05, 0) is 6.92 Å². The molecule has 0 saturated carbocycles. The molecule has 0 unspecified atom stereocenters. The van der Waals surface area contributed by atoms with Crippen molar-refractivity contribution in [1.29, 1.82) is 0 Å². The van der Waals surface area contributed by atoms with Crippen molar-refractivity contribution in [3.8, 4) is 0 Å². The van der Waals surface area contributed by atoms with E-state index in [0.29, 0.717) is 0 Å². The molecule has 72 valence electrons. The van der Waals surface area contributed by atoms with Crippen LogP contribution in [0.3, 0.4) is 0 Å². The highest BCUT2D eigenvalue weighted by Gasteiger charge is 2.38.